The number of pyridine rings is 1. The number of anilines is 1. The summed E-state index contributed by atoms with van der Waals surface area (Å²) >= 11 is 0. The number of Topliss-reactive ketones (excluding diaryl/α,β-unsaturated/α-hetero) is 1. The van der Waals surface area contributed by atoms with Crippen molar-refractivity contribution >= 4 is 22.5 Å². The van der Waals surface area contributed by atoms with Crippen molar-refractivity contribution in [3.05, 3.63) is 58.9 Å². The third kappa shape index (κ3) is 2.62. The van der Waals surface area contributed by atoms with Crippen molar-refractivity contribution in [3.8, 4) is 0 Å². The van der Waals surface area contributed by atoms with Crippen molar-refractivity contribution in [2.75, 3.05) is 11.4 Å². The molecule has 0 fully saturated rings. The first kappa shape index (κ1) is 15.9. The quantitative estimate of drug-likeness (QED) is 0.731. The number of hydrogen-bond donors (Lipinski definition) is 0. The Labute approximate surface area is 148 Å². The second-order valence-corrected chi connectivity index (χ2v) is 6.97. The Balaban J connectivity index is 1.85. The highest BCUT2D eigenvalue weighted by atomic mass is 16.1. The molecule has 0 spiro atoms. The summed E-state index contributed by atoms with van der Waals surface area (Å²) < 4.78 is 2.13. The molecular weight excluding hydrogens is 310 g/mol. The fourth-order valence-electron chi connectivity index (χ4n) is 3.90. The summed E-state index contributed by atoms with van der Waals surface area (Å²) in [5, 5.41) is 0. The summed E-state index contributed by atoms with van der Waals surface area (Å²) in [5.74, 6) is 0.166. The largest absolute Gasteiger partial charge is 0.365 e. The van der Waals surface area contributed by atoms with Gasteiger partial charge in [-0.15, -0.1) is 0 Å². The van der Waals surface area contributed by atoms with Gasteiger partial charge in [-0.05, 0) is 49.9 Å². The van der Waals surface area contributed by atoms with Gasteiger partial charge in [0.25, 0.3) is 0 Å². The van der Waals surface area contributed by atoms with E-state index in [1.54, 1.807) is 6.92 Å². The maximum absolute atomic E-state index is 11.8. The van der Waals surface area contributed by atoms with Crippen LogP contribution in [0.2, 0.25) is 0 Å². The highest BCUT2D eigenvalue weighted by Gasteiger charge is 2.22. The molecule has 0 amide bonds. The van der Waals surface area contributed by atoms with Crippen LogP contribution in [0, 0.1) is 13.8 Å². The molecule has 4 heteroatoms. The Morgan fingerprint density at radius 1 is 1.16 bits per heavy atom. The molecule has 128 valence electrons. The van der Waals surface area contributed by atoms with E-state index in [4.69, 9.17) is 0 Å². The standard InChI is InChI=1S/C21H23N3O/c1-14(25)12-24-16(3)15(2)20-21(24)19(8-10-22-20)23-11-9-17-6-4-5-7-18(17)13-23/h4-8,10H,9,11-13H2,1-3H3. The molecule has 25 heavy (non-hydrogen) atoms. The van der Waals surface area contributed by atoms with E-state index >= 15 is 0 Å². The predicted octanol–water partition coefficient (Wildman–Crippen LogP) is 3.80. The van der Waals surface area contributed by atoms with E-state index < -0.39 is 0 Å². The maximum atomic E-state index is 11.8. The zero-order chi connectivity index (χ0) is 17.6. The summed E-state index contributed by atoms with van der Waals surface area (Å²) in [6.07, 6.45) is 2.94. The molecule has 3 heterocycles. The molecule has 1 aromatic carbocycles. The molecule has 0 saturated carbocycles. The number of ketones is 1. The average Bonchev–Trinajstić information content (AvgIpc) is 2.86. The van der Waals surface area contributed by atoms with E-state index in [0.29, 0.717) is 6.54 Å². The number of fused-ring (bicyclic) bond motifs is 2. The highest BCUT2D eigenvalue weighted by Crippen LogP contribution is 2.34. The van der Waals surface area contributed by atoms with Crippen molar-refractivity contribution in [1.29, 1.82) is 0 Å². The van der Waals surface area contributed by atoms with Crippen LogP contribution in [-0.4, -0.2) is 21.9 Å². The maximum Gasteiger partial charge on any atom is 0.149 e. The molecule has 4 nitrogen and oxygen atoms in total. The summed E-state index contributed by atoms with van der Waals surface area (Å²) in [7, 11) is 0. The molecule has 4 rings (SSSR count). The van der Waals surface area contributed by atoms with Gasteiger partial charge in [-0.25, -0.2) is 0 Å². The molecule has 0 saturated heterocycles. The number of carbonyl (C=O) groups is 1. The van der Waals surface area contributed by atoms with Crippen LogP contribution in [0.25, 0.3) is 11.0 Å². The van der Waals surface area contributed by atoms with Crippen LogP contribution in [0.3, 0.4) is 0 Å². The van der Waals surface area contributed by atoms with Gasteiger partial charge >= 0.3 is 0 Å². The molecule has 0 N–H and O–H groups in total. The van der Waals surface area contributed by atoms with E-state index in [0.717, 1.165) is 41.8 Å². The van der Waals surface area contributed by atoms with Crippen LogP contribution in [0.5, 0.6) is 0 Å². The van der Waals surface area contributed by atoms with Crippen LogP contribution < -0.4 is 4.90 Å². The normalized spacial score (nSPS) is 14.0. The molecule has 0 atom stereocenters. The SMILES string of the molecule is CC(=O)Cn1c(C)c(C)c2nccc(N3CCc4ccccc4C3)c21. The predicted molar refractivity (Wildman–Crippen MR) is 101 cm³/mol. The van der Waals surface area contributed by atoms with Gasteiger partial charge in [-0.2, -0.15) is 0 Å². The average molecular weight is 333 g/mol. The van der Waals surface area contributed by atoms with E-state index in [1.807, 2.05) is 6.20 Å². The number of aromatic nitrogens is 2. The first-order chi connectivity index (χ1) is 12.1. The molecule has 0 aliphatic carbocycles. The zero-order valence-electron chi connectivity index (χ0n) is 15.0. The van der Waals surface area contributed by atoms with Gasteiger partial charge in [-0.3, -0.25) is 9.78 Å². The Kier molecular flexibility index (Phi) is 3.83. The van der Waals surface area contributed by atoms with E-state index in [9.17, 15) is 4.79 Å². The summed E-state index contributed by atoms with van der Waals surface area (Å²) in [6.45, 7) is 8.11. The van der Waals surface area contributed by atoms with Gasteiger partial charge in [0.15, 0.2) is 0 Å². The molecule has 2 aromatic heterocycles. The fourth-order valence-corrected chi connectivity index (χ4v) is 3.90. The van der Waals surface area contributed by atoms with Crippen LogP contribution >= 0.6 is 0 Å². The molecule has 1 aliphatic heterocycles. The monoisotopic (exact) mass is 333 g/mol. The lowest BCUT2D eigenvalue weighted by Crippen LogP contribution is -2.30. The lowest BCUT2D eigenvalue weighted by atomic mass is 9.99. The molecule has 3 aromatic rings. The van der Waals surface area contributed by atoms with Crippen LogP contribution in [0.1, 0.15) is 29.3 Å². The minimum atomic E-state index is 0.166. The van der Waals surface area contributed by atoms with Gasteiger partial charge in [-0.1, -0.05) is 24.3 Å². The van der Waals surface area contributed by atoms with Crippen molar-refractivity contribution in [1.82, 2.24) is 9.55 Å². The van der Waals surface area contributed by atoms with Crippen LogP contribution in [-0.2, 0) is 24.3 Å². The minimum Gasteiger partial charge on any atom is -0.365 e. The molecule has 1 aliphatic rings. The molecular formula is C21H23N3O. The Morgan fingerprint density at radius 3 is 2.68 bits per heavy atom. The fraction of sp³-hybridized carbons (Fsp3) is 0.333. The smallest absolute Gasteiger partial charge is 0.149 e. The van der Waals surface area contributed by atoms with Crippen LogP contribution in [0.15, 0.2) is 36.5 Å². The second kappa shape index (κ2) is 6.03. The number of nitrogens with zero attached hydrogens (tertiary/aromatic N) is 3. The van der Waals surface area contributed by atoms with Gasteiger partial charge in [0.2, 0.25) is 0 Å². The summed E-state index contributed by atoms with van der Waals surface area (Å²) in [6, 6.07) is 10.7. The van der Waals surface area contributed by atoms with E-state index in [1.165, 1.54) is 16.8 Å². The number of carbonyl (C=O) groups excluding carboxylic acids is 1. The van der Waals surface area contributed by atoms with Gasteiger partial charge in [0, 0.05) is 25.0 Å². The molecule has 0 bridgehead atoms. The number of hydrogen-bond acceptors (Lipinski definition) is 3. The van der Waals surface area contributed by atoms with E-state index in [-0.39, 0.29) is 5.78 Å². The summed E-state index contributed by atoms with van der Waals surface area (Å²) in [5.41, 5.74) is 8.39. The summed E-state index contributed by atoms with van der Waals surface area (Å²) in [4.78, 5) is 18.8. The van der Waals surface area contributed by atoms with Crippen molar-refractivity contribution in [2.24, 2.45) is 0 Å². The van der Waals surface area contributed by atoms with Gasteiger partial charge < -0.3 is 9.47 Å². The van der Waals surface area contributed by atoms with Gasteiger partial charge in [0.05, 0.1) is 23.3 Å². The molecule has 0 unspecified atom stereocenters. The number of aryl methyl sites for hydroxylation is 1. The minimum absolute atomic E-state index is 0.166. The lowest BCUT2D eigenvalue weighted by Gasteiger charge is -2.31. The third-order valence-corrected chi connectivity index (χ3v) is 5.33. The zero-order valence-corrected chi connectivity index (χ0v) is 15.0. The third-order valence-electron chi connectivity index (χ3n) is 5.33. The second-order valence-electron chi connectivity index (χ2n) is 6.97. The highest BCUT2D eigenvalue weighted by molar-refractivity contribution is 5.93. The Hall–Kier alpha value is -2.62. The van der Waals surface area contributed by atoms with Crippen LogP contribution in [0.4, 0.5) is 5.69 Å². The Bertz CT molecular complexity index is 971. The van der Waals surface area contributed by atoms with Crippen molar-refractivity contribution in [2.45, 2.75) is 40.3 Å². The first-order valence-corrected chi connectivity index (χ1v) is 8.82. The lowest BCUT2D eigenvalue weighted by molar-refractivity contribution is -0.117. The topological polar surface area (TPSA) is 38.1 Å². The van der Waals surface area contributed by atoms with Gasteiger partial charge in [0.1, 0.15) is 5.78 Å². The number of rotatable bonds is 3. The Morgan fingerprint density at radius 2 is 1.92 bits per heavy atom. The number of benzene rings is 1. The van der Waals surface area contributed by atoms with Crippen molar-refractivity contribution < 1.29 is 4.79 Å². The van der Waals surface area contributed by atoms with E-state index in [2.05, 4.69) is 58.6 Å². The molecule has 0 radical (unpaired) electrons. The van der Waals surface area contributed by atoms with Crippen molar-refractivity contribution in [3.63, 3.8) is 0 Å². The first-order valence-electron chi connectivity index (χ1n) is 8.82.